The number of rotatable bonds is 10. The van der Waals surface area contributed by atoms with Crippen molar-refractivity contribution < 1.29 is 23.4 Å². The van der Waals surface area contributed by atoms with Gasteiger partial charge in [0.2, 0.25) is 5.91 Å². The summed E-state index contributed by atoms with van der Waals surface area (Å²) in [4.78, 5) is 17.5. The molecule has 1 atom stereocenters. The molecule has 4 rings (SSSR count). The molecule has 3 aromatic carbocycles. The van der Waals surface area contributed by atoms with E-state index >= 15 is 0 Å². The van der Waals surface area contributed by atoms with Gasteiger partial charge in [-0.25, -0.2) is 9.37 Å². The van der Waals surface area contributed by atoms with Gasteiger partial charge >= 0.3 is 0 Å². The first-order valence-electron chi connectivity index (χ1n) is 11.0. The Kier molecular flexibility index (Phi) is 7.95. The first kappa shape index (κ1) is 24.2. The molecule has 0 aliphatic heterocycles. The van der Waals surface area contributed by atoms with Crippen LogP contribution in [0.2, 0.25) is 0 Å². The summed E-state index contributed by atoms with van der Waals surface area (Å²) in [6.45, 7) is 0.0879. The predicted molar refractivity (Wildman–Crippen MR) is 134 cm³/mol. The van der Waals surface area contributed by atoms with Crippen LogP contribution in [0.4, 0.5) is 4.39 Å². The first-order chi connectivity index (χ1) is 17.1. The Morgan fingerprint density at radius 1 is 0.971 bits per heavy atom. The van der Waals surface area contributed by atoms with Crippen LogP contribution in [0, 0.1) is 5.82 Å². The number of halogens is 1. The lowest BCUT2D eigenvalue weighted by Gasteiger charge is -2.20. The highest BCUT2D eigenvalue weighted by Crippen LogP contribution is 2.33. The molecule has 180 valence electrons. The summed E-state index contributed by atoms with van der Waals surface area (Å²) >= 11 is 1.45. The minimum Gasteiger partial charge on any atom is -0.493 e. The maximum Gasteiger partial charge on any atom is 0.226 e. The number of thiazole rings is 1. The third-order valence-corrected chi connectivity index (χ3v) is 6.24. The van der Waals surface area contributed by atoms with Crippen LogP contribution in [0.1, 0.15) is 17.3 Å². The molecule has 1 aromatic heterocycles. The second kappa shape index (κ2) is 11.5. The number of carbonyl (C=O) groups excluding carboxylic acids is 1. The molecule has 0 saturated heterocycles. The molecular formula is C27H25FN2O4S. The number of benzene rings is 3. The van der Waals surface area contributed by atoms with Crippen molar-refractivity contribution in [2.45, 2.75) is 12.5 Å². The van der Waals surface area contributed by atoms with Gasteiger partial charge in [0.1, 0.15) is 11.6 Å². The topological polar surface area (TPSA) is 69.7 Å². The van der Waals surface area contributed by atoms with E-state index in [0.29, 0.717) is 17.2 Å². The van der Waals surface area contributed by atoms with E-state index in [4.69, 9.17) is 14.2 Å². The van der Waals surface area contributed by atoms with Gasteiger partial charge in [0, 0.05) is 10.9 Å². The summed E-state index contributed by atoms with van der Waals surface area (Å²) in [5.74, 6) is 0.731. The zero-order chi connectivity index (χ0) is 24.6. The molecule has 0 unspecified atom stereocenters. The normalized spacial score (nSPS) is 11.5. The van der Waals surface area contributed by atoms with Crippen LogP contribution < -0.4 is 19.5 Å². The van der Waals surface area contributed by atoms with Gasteiger partial charge in [-0.05, 0) is 35.9 Å². The Morgan fingerprint density at radius 3 is 2.46 bits per heavy atom. The maximum absolute atomic E-state index is 14.0. The minimum atomic E-state index is -0.452. The van der Waals surface area contributed by atoms with Gasteiger partial charge < -0.3 is 19.5 Å². The fourth-order valence-corrected chi connectivity index (χ4v) is 4.36. The third kappa shape index (κ3) is 6.16. The van der Waals surface area contributed by atoms with Crippen LogP contribution in [0.15, 0.2) is 78.2 Å². The molecule has 0 aliphatic rings. The van der Waals surface area contributed by atoms with Crippen LogP contribution >= 0.6 is 11.3 Å². The number of nitrogens with zero attached hydrogens (tertiary/aromatic N) is 1. The number of ether oxygens (including phenoxy) is 3. The fraction of sp³-hybridized carbons (Fsp3) is 0.185. The van der Waals surface area contributed by atoms with Crippen molar-refractivity contribution >= 4 is 17.2 Å². The number of amides is 1. The summed E-state index contributed by atoms with van der Waals surface area (Å²) < 4.78 is 30.3. The quantitative estimate of drug-likeness (QED) is 0.319. The summed E-state index contributed by atoms with van der Waals surface area (Å²) in [5.41, 5.74) is 2.39. The minimum absolute atomic E-state index is 0.0879. The lowest BCUT2D eigenvalue weighted by atomic mass is 10.1. The van der Waals surface area contributed by atoms with Crippen LogP contribution in [-0.4, -0.2) is 31.7 Å². The van der Waals surface area contributed by atoms with Crippen molar-refractivity contribution in [1.82, 2.24) is 10.3 Å². The second-order valence-corrected chi connectivity index (χ2v) is 8.52. The molecule has 8 heteroatoms. The SMILES string of the molecule is COc1ccc(-c2nc(CC(=O)N[C@@H](COc3ccccc3F)c3ccccc3)cs2)cc1OC. The van der Waals surface area contributed by atoms with E-state index in [1.165, 1.54) is 17.4 Å². The molecule has 1 heterocycles. The molecule has 0 saturated carbocycles. The highest BCUT2D eigenvalue weighted by Gasteiger charge is 2.18. The predicted octanol–water partition coefficient (Wildman–Crippen LogP) is 5.45. The molecule has 0 radical (unpaired) electrons. The van der Waals surface area contributed by atoms with Crippen molar-refractivity contribution in [3.63, 3.8) is 0 Å². The molecule has 35 heavy (non-hydrogen) atoms. The van der Waals surface area contributed by atoms with Crippen molar-refractivity contribution in [3.8, 4) is 27.8 Å². The Labute approximate surface area is 207 Å². The lowest BCUT2D eigenvalue weighted by Crippen LogP contribution is -2.33. The number of hydrogen-bond donors (Lipinski definition) is 1. The van der Waals surface area contributed by atoms with Crippen molar-refractivity contribution in [3.05, 3.63) is 95.3 Å². The van der Waals surface area contributed by atoms with Gasteiger partial charge in [-0.3, -0.25) is 4.79 Å². The Morgan fingerprint density at radius 2 is 1.71 bits per heavy atom. The highest BCUT2D eigenvalue weighted by atomic mass is 32.1. The van der Waals surface area contributed by atoms with Gasteiger partial charge in [-0.15, -0.1) is 11.3 Å². The summed E-state index contributed by atoms with van der Waals surface area (Å²) in [7, 11) is 3.17. The Bertz CT molecular complexity index is 1280. The van der Waals surface area contributed by atoms with Crippen molar-refractivity contribution in [2.75, 3.05) is 20.8 Å². The molecule has 1 amide bonds. The van der Waals surface area contributed by atoms with E-state index in [1.54, 1.807) is 32.4 Å². The summed E-state index contributed by atoms with van der Waals surface area (Å²) in [5, 5.41) is 5.63. The standard InChI is InChI=1S/C27H25FN2O4S/c1-32-24-13-12-19(14-25(24)33-2)27-29-20(17-35-27)15-26(31)30-22(18-8-4-3-5-9-18)16-34-23-11-7-6-10-21(23)28/h3-14,17,22H,15-16H2,1-2H3,(H,30,31)/t22-/m0/s1. The summed E-state index contributed by atoms with van der Waals surface area (Å²) in [6, 6.07) is 20.8. The molecular weight excluding hydrogens is 467 g/mol. The van der Waals surface area contributed by atoms with Crippen LogP contribution in [0.3, 0.4) is 0 Å². The van der Waals surface area contributed by atoms with Crippen molar-refractivity contribution in [2.24, 2.45) is 0 Å². The number of carbonyl (C=O) groups is 1. The number of hydrogen-bond acceptors (Lipinski definition) is 6. The Balaban J connectivity index is 1.44. The monoisotopic (exact) mass is 492 g/mol. The smallest absolute Gasteiger partial charge is 0.226 e. The van der Waals surface area contributed by atoms with Gasteiger partial charge in [0.25, 0.3) is 0 Å². The average Bonchev–Trinajstić information content (AvgIpc) is 3.35. The first-order valence-corrected chi connectivity index (χ1v) is 11.8. The van der Waals surface area contributed by atoms with Crippen LogP contribution in [0.25, 0.3) is 10.6 Å². The Hall–Kier alpha value is -3.91. The van der Waals surface area contributed by atoms with Gasteiger partial charge in [0.15, 0.2) is 23.1 Å². The largest absolute Gasteiger partial charge is 0.493 e. The molecule has 0 spiro atoms. The van der Waals surface area contributed by atoms with Gasteiger partial charge in [-0.2, -0.15) is 0 Å². The maximum atomic E-state index is 14.0. The van der Waals surface area contributed by atoms with E-state index in [2.05, 4.69) is 10.3 Å². The second-order valence-electron chi connectivity index (χ2n) is 7.66. The molecule has 0 bridgehead atoms. The molecule has 4 aromatic rings. The summed E-state index contributed by atoms with van der Waals surface area (Å²) in [6.07, 6.45) is 0.104. The molecule has 0 aliphatic carbocycles. The van der Waals surface area contributed by atoms with Crippen LogP contribution in [-0.2, 0) is 11.2 Å². The molecule has 1 N–H and O–H groups in total. The van der Waals surface area contributed by atoms with E-state index in [9.17, 15) is 9.18 Å². The number of nitrogens with one attached hydrogen (secondary N) is 1. The molecule has 0 fully saturated rings. The third-order valence-electron chi connectivity index (χ3n) is 5.30. The van der Waals surface area contributed by atoms with Gasteiger partial charge in [0.05, 0.1) is 32.4 Å². The van der Waals surface area contributed by atoms with Crippen LogP contribution in [0.5, 0.6) is 17.2 Å². The van der Waals surface area contributed by atoms with Crippen molar-refractivity contribution in [1.29, 1.82) is 0 Å². The zero-order valence-electron chi connectivity index (χ0n) is 19.4. The highest BCUT2D eigenvalue weighted by molar-refractivity contribution is 7.13. The van der Waals surface area contributed by atoms with E-state index in [1.807, 2.05) is 53.9 Å². The van der Waals surface area contributed by atoms with E-state index in [0.717, 1.165) is 16.1 Å². The number of aromatic nitrogens is 1. The molecule has 6 nitrogen and oxygen atoms in total. The van der Waals surface area contributed by atoms with E-state index < -0.39 is 11.9 Å². The zero-order valence-corrected chi connectivity index (χ0v) is 20.2. The van der Waals surface area contributed by atoms with Gasteiger partial charge in [-0.1, -0.05) is 42.5 Å². The van der Waals surface area contributed by atoms with E-state index in [-0.39, 0.29) is 24.7 Å². The lowest BCUT2D eigenvalue weighted by molar-refractivity contribution is -0.121. The average molecular weight is 493 g/mol. The fourth-order valence-electron chi connectivity index (χ4n) is 3.54. The number of para-hydroxylation sites is 1. The number of methoxy groups -OCH3 is 2.